The minimum absolute atomic E-state index is 0.0143. The van der Waals surface area contributed by atoms with E-state index in [0.717, 1.165) is 15.6 Å². The van der Waals surface area contributed by atoms with E-state index in [1.165, 1.54) is 6.92 Å². The van der Waals surface area contributed by atoms with Crippen molar-refractivity contribution in [3.63, 3.8) is 0 Å². The van der Waals surface area contributed by atoms with Gasteiger partial charge in [0.05, 0.1) is 11.6 Å². The third-order valence-electron chi connectivity index (χ3n) is 3.26. The lowest BCUT2D eigenvalue weighted by molar-refractivity contribution is -0.182. The Morgan fingerprint density at radius 1 is 1.35 bits per heavy atom. The molecule has 2 N–H and O–H groups in total. The molecule has 0 amide bonds. The van der Waals surface area contributed by atoms with E-state index in [1.807, 2.05) is 0 Å². The molecule has 0 unspecified atom stereocenters. The van der Waals surface area contributed by atoms with E-state index in [2.05, 4.69) is 4.98 Å². The molecule has 10 heteroatoms. The number of nitrogen functional groups attached to an aromatic ring is 1. The maximum atomic E-state index is 12.6. The summed E-state index contributed by atoms with van der Waals surface area (Å²) < 4.78 is 63.5. The summed E-state index contributed by atoms with van der Waals surface area (Å²) in [6, 6.07) is 0. The quantitative estimate of drug-likeness (QED) is 0.900. The first-order valence-corrected chi connectivity index (χ1v) is 8.18. The van der Waals surface area contributed by atoms with Gasteiger partial charge >= 0.3 is 6.18 Å². The van der Waals surface area contributed by atoms with Gasteiger partial charge in [-0.25, -0.2) is 13.4 Å². The van der Waals surface area contributed by atoms with Gasteiger partial charge in [-0.05, 0) is 19.8 Å². The van der Waals surface area contributed by atoms with E-state index in [-0.39, 0.29) is 41.0 Å². The molecule has 0 spiro atoms. The fourth-order valence-electron chi connectivity index (χ4n) is 2.18. The molecule has 0 bridgehead atoms. The van der Waals surface area contributed by atoms with E-state index < -0.39 is 22.1 Å². The number of sulfonamides is 1. The Hall–Kier alpha value is -0.870. The summed E-state index contributed by atoms with van der Waals surface area (Å²) in [4.78, 5) is 3.84. The van der Waals surface area contributed by atoms with Crippen molar-refractivity contribution in [2.45, 2.75) is 30.2 Å². The average Bonchev–Trinajstić information content (AvgIpc) is 2.68. The predicted molar refractivity (Wildman–Crippen MR) is 68.8 cm³/mol. The molecule has 1 aromatic rings. The normalized spacial score (nSPS) is 19.4. The first-order chi connectivity index (χ1) is 9.12. The standard InChI is InChI=1S/C10H14F3N3O2S2/c1-6-8(19-9(14)15-6)20(17,18)16-4-2-7(3-5-16)10(11,12)13/h7H,2-5H2,1H3,(H2,14,15). The average molecular weight is 329 g/mol. The van der Waals surface area contributed by atoms with Crippen LogP contribution in [0.25, 0.3) is 0 Å². The molecule has 1 aliphatic heterocycles. The van der Waals surface area contributed by atoms with Gasteiger partial charge in [-0.3, -0.25) is 0 Å². The fraction of sp³-hybridized carbons (Fsp3) is 0.700. The van der Waals surface area contributed by atoms with Gasteiger partial charge in [0, 0.05) is 13.1 Å². The Balaban J connectivity index is 2.16. The molecule has 2 rings (SSSR count). The van der Waals surface area contributed by atoms with Crippen molar-refractivity contribution in [3.8, 4) is 0 Å². The highest BCUT2D eigenvalue weighted by molar-refractivity contribution is 7.91. The van der Waals surface area contributed by atoms with Crippen LogP contribution in [0.2, 0.25) is 0 Å². The van der Waals surface area contributed by atoms with Gasteiger partial charge in [0.2, 0.25) is 0 Å². The minimum Gasteiger partial charge on any atom is -0.375 e. The van der Waals surface area contributed by atoms with Crippen LogP contribution in [-0.2, 0) is 10.0 Å². The molecule has 1 saturated heterocycles. The van der Waals surface area contributed by atoms with E-state index >= 15 is 0 Å². The van der Waals surface area contributed by atoms with E-state index in [1.54, 1.807) is 0 Å². The largest absolute Gasteiger partial charge is 0.391 e. The van der Waals surface area contributed by atoms with Crippen molar-refractivity contribution in [3.05, 3.63) is 5.69 Å². The molecular formula is C10H14F3N3O2S2. The van der Waals surface area contributed by atoms with Crippen LogP contribution >= 0.6 is 11.3 Å². The summed E-state index contributed by atoms with van der Waals surface area (Å²) in [5.41, 5.74) is 5.74. The SMILES string of the molecule is Cc1nc(N)sc1S(=O)(=O)N1CCC(C(F)(F)F)CC1. The molecule has 2 heterocycles. The number of hydrogen-bond acceptors (Lipinski definition) is 5. The molecule has 0 aromatic carbocycles. The van der Waals surface area contributed by atoms with Gasteiger partial charge in [-0.15, -0.1) is 0 Å². The number of nitrogens with two attached hydrogens (primary N) is 1. The third kappa shape index (κ3) is 2.91. The van der Waals surface area contributed by atoms with Gasteiger partial charge in [-0.1, -0.05) is 11.3 Å². The second-order valence-corrected chi connectivity index (χ2v) is 7.81. The Labute approximate surface area is 118 Å². The zero-order valence-electron chi connectivity index (χ0n) is 10.6. The molecule has 0 saturated carbocycles. The zero-order valence-corrected chi connectivity index (χ0v) is 12.3. The minimum atomic E-state index is -4.26. The molecule has 114 valence electrons. The number of halogens is 3. The number of aromatic nitrogens is 1. The lowest BCUT2D eigenvalue weighted by atomic mass is 9.98. The smallest absolute Gasteiger partial charge is 0.375 e. The number of piperidine rings is 1. The van der Waals surface area contributed by atoms with Crippen LogP contribution in [0.5, 0.6) is 0 Å². The Morgan fingerprint density at radius 3 is 2.30 bits per heavy atom. The summed E-state index contributed by atoms with van der Waals surface area (Å²) in [6.07, 6.45) is -4.69. The van der Waals surface area contributed by atoms with Crippen LogP contribution in [0.15, 0.2) is 4.21 Å². The number of thiazole rings is 1. The maximum absolute atomic E-state index is 12.6. The number of rotatable bonds is 2. The Kier molecular flexibility index (Phi) is 4.00. The lowest BCUT2D eigenvalue weighted by Crippen LogP contribution is -2.42. The fourth-order valence-corrected chi connectivity index (χ4v) is 5.09. The van der Waals surface area contributed by atoms with Crippen LogP contribution in [0.4, 0.5) is 18.3 Å². The van der Waals surface area contributed by atoms with E-state index in [4.69, 9.17) is 5.73 Å². The van der Waals surface area contributed by atoms with E-state index in [0.29, 0.717) is 0 Å². The molecular weight excluding hydrogens is 315 g/mol. The topological polar surface area (TPSA) is 76.3 Å². The van der Waals surface area contributed by atoms with Crippen molar-refractivity contribution in [2.24, 2.45) is 5.92 Å². The highest BCUT2D eigenvalue weighted by Gasteiger charge is 2.43. The molecule has 20 heavy (non-hydrogen) atoms. The monoisotopic (exact) mass is 329 g/mol. The predicted octanol–water partition coefficient (Wildman–Crippen LogP) is 2.00. The molecule has 0 atom stereocenters. The van der Waals surface area contributed by atoms with Crippen LogP contribution in [0, 0.1) is 12.8 Å². The van der Waals surface area contributed by atoms with Gasteiger partial charge < -0.3 is 5.73 Å². The van der Waals surface area contributed by atoms with Gasteiger partial charge in [-0.2, -0.15) is 17.5 Å². The van der Waals surface area contributed by atoms with Crippen LogP contribution in [0.3, 0.4) is 0 Å². The van der Waals surface area contributed by atoms with Crippen LogP contribution < -0.4 is 5.73 Å². The van der Waals surface area contributed by atoms with Gasteiger partial charge in [0.25, 0.3) is 10.0 Å². The molecule has 0 aliphatic carbocycles. The maximum Gasteiger partial charge on any atom is 0.391 e. The van der Waals surface area contributed by atoms with Crippen LogP contribution in [-0.4, -0.2) is 37.0 Å². The summed E-state index contributed by atoms with van der Waals surface area (Å²) in [7, 11) is -3.80. The summed E-state index contributed by atoms with van der Waals surface area (Å²) >= 11 is 0.836. The first kappa shape index (κ1) is 15.5. The second kappa shape index (κ2) is 5.15. The van der Waals surface area contributed by atoms with Crippen molar-refractivity contribution >= 4 is 26.5 Å². The van der Waals surface area contributed by atoms with Crippen molar-refractivity contribution < 1.29 is 21.6 Å². The van der Waals surface area contributed by atoms with Crippen molar-refractivity contribution in [1.29, 1.82) is 0 Å². The molecule has 1 aromatic heterocycles. The number of hydrogen-bond donors (Lipinski definition) is 1. The highest BCUT2D eigenvalue weighted by atomic mass is 32.2. The van der Waals surface area contributed by atoms with E-state index in [9.17, 15) is 21.6 Å². The molecule has 1 aliphatic rings. The van der Waals surface area contributed by atoms with Crippen molar-refractivity contribution in [1.82, 2.24) is 9.29 Å². The molecule has 5 nitrogen and oxygen atoms in total. The summed E-state index contributed by atoms with van der Waals surface area (Å²) in [5.74, 6) is -1.43. The first-order valence-electron chi connectivity index (χ1n) is 5.92. The van der Waals surface area contributed by atoms with Gasteiger partial charge in [0.1, 0.15) is 0 Å². The lowest BCUT2D eigenvalue weighted by Gasteiger charge is -2.31. The van der Waals surface area contributed by atoms with Gasteiger partial charge in [0.15, 0.2) is 9.34 Å². The van der Waals surface area contributed by atoms with Crippen molar-refractivity contribution in [2.75, 3.05) is 18.8 Å². The highest BCUT2D eigenvalue weighted by Crippen LogP contribution is 2.36. The Morgan fingerprint density at radius 2 is 1.90 bits per heavy atom. The summed E-state index contributed by atoms with van der Waals surface area (Å²) in [6.45, 7) is 1.25. The summed E-state index contributed by atoms with van der Waals surface area (Å²) in [5, 5.41) is 0.131. The number of nitrogens with zero attached hydrogens (tertiary/aromatic N) is 2. The number of aryl methyl sites for hydroxylation is 1. The zero-order chi connectivity index (χ0) is 15.1. The number of alkyl halides is 3. The second-order valence-electron chi connectivity index (χ2n) is 4.64. The Bertz CT molecular complexity index is 589. The number of anilines is 1. The third-order valence-corrected chi connectivity index (χ3v) is 6.73. The molecule has 1 fully saturated rings. The van der Waals surface area contributed by atoms with Crippen LogP contribution in [0.1, 0.15) is 18.5 Å². The molecule has 0 radical (unpaired) electrons.